The highest BCUT2D eigenvalue weighted by Crippen LogP contribution is 2.33. The summed E-state index contributed by atoms with van der Waals surface area (Å²) >= 11 is 0. The van der Waals surface area contributed by atoms with Crippen LogP contribution in [0.4, 0.5) is 0 Å². The van der Waals surface area contributed by atoms with Crippen LogP contribution in [0.2, 0.25) is 0 Å². The van der Waals surface area contributed by atoms with Crippen LogP contribution >= 0.6 is 12.4 Å². The molecule has 1 N–H and O–H groups in total. The topological polar surface area (TPSA) is 29.5 Å². The summed E-state index contributed by atoms with van der Waals surface area (Å²) in [6, 6.07) is 8.09. The van der Waals surface area contributed by atoms with Crippen molar-refractivity contribution >= 4 is 18.0 Å². The van der Waals surface area contributed by atoms with Crippen molar-refractivity contribution in [2.45, 2.75) is 31.8 Å². The van der Waals surface area contributed by atoms with E-state index < -0.39 is 5.60 Å². The molecule has 2 rings (SSSR count). The zero-order valence-corrected chi connectivity index (χ0v) is 11.1. The molecule has 3 heteroatoms. The molecule has 17 heavy (non-hydrogen) atoms. The maximum absolute atomic E-state index is 9.87. The number of rotatable bonds is 2. The third-order valence-electron chi connectivity index (χ3n) is 3.16. The Morgan fingerprint density at radius 1 is 1.35 bits per heavy atom. The number of hydrogen-bond acceptors (Lipinski definition) is 2. The van der Waals surface area contributed by atoms with Gasteiger partial charge in [0.1, 0.15) is 5.75 Å². The Morgan fingerprint density at radius 2 is 2.12 bits per heavy atom. The fraction of sp³-hybridized carbons (Fsp3) is 0.429. The molecule has 0 saturated carbocycles. The van der Waals surface area contributed by atoms with Gasteiger partial charge in [-0.2, -0.15) is 0 Å². The fourth-order valence-electron chi connectivity index (χ4n) is 2.04. The molecular weight excluding hydrogens is 236 g/mol. The van der Waals surface area contributed by atoms with Crippen molar-refractivity contribution in [3.63, 3.8) is 0 Å². The van der Waals surface area contributed by atoms with E-state index in [9.17, 15) is 5.11 Å². The molecule has 1 aliphatic rings. The monoisotopic (exact) mass is 254 g/mol. The van der Waals surface area contributed by atoms with Crippen LogP contribution in [-0.2, 0) is 0 Å². The maximum atomic E-state index is 9.87. The number of hydrogen-bond donors (Lipinski definition) is 1. The van der Waals surface area contributed by atoms with Crippen molar-refractivity contribution in [2.24, 2.45) is 0 Å². The quantitative estimate of drug-likeness (QED) is 0.876. The van der Waals surface area contributed by atoms with Gasteiger partial charge in [-0.1, -0.05) is 18.2 Å². The fourth-order valence-corrected chi connectivity index (χ4v) is 2.04. The predicted octanol–water partition coefficient (Wildman–Crippen LogP) is 3.44. The van der Waals surface area contributed by atoms with Crippen LogP contribution in [0, 0.1) is 0 Å². The first-order valence-electron chi connectivity index (χ1n) is 5.66. The lowest BCUT2D eigenvalue weighted by Gasteiger charge is -2.27. The van der Waals surface area contributed by atoms with Crippen molar-refractivity contribution in [2.75, 3.05) is 7.11 Å². The summed E-state index contributed by atoms with van der Waals surface area (Å²) in [5, 5.41) is 9.87. The Hall–Kier alpha value is -0.990. The van der Waals surface area contributed by atoms with Gasteiger partial charge in [-0.25, -0.2) is 0 Å². The molecule has 0 fully saturated rings. The summed E-state index contributed by atoms with van der Waals surface area (Å²) in [6.07, 6.45) is 4.63. The SMILES string of the molecule is COc1cccc(C2=CCC(C)(O)CC2)c1.Cl. The lowest BCUT2D eigenvalue weighted by molar-refractivity contribution is 0.0523. The first kappa shape index (κ1) is 14.1. The number of allylic oxidation sites excluding steroid dienone is 1. The Morgan fingerprint density at radius 3 is 2.71 bits per heavy atom. The second-order valence-electron chi connectivity index (χ2n) is 4.66. The molecule has 0 radical (unpaired) electrons. The van der Waals surface area contributed by atoms with E-state index in [1.165, 1.54) is 11.1 Å². The van der Waals surface area contributed by atoms with E-state index in [1.54, 1.807) is 7.11 Å². The van der Waals surface area contributed by atoms with E-state index in [1.807, 2.05) is 25.1 Å². The molecule has 0 saturated heterocycles. The van der Waals surface area contributed by atoms with E-state index in [0.29, 0.717) is 0 Å². The number of benzene rings is 1. The van der Waals surface area contributed by atoms with Crippen molar-refractivity contribution < 1.29 is 9.84 Å². The average Bonchev–Trinajstić information content (AvgIpc) is 2.29. The van der Waals surface area contributed by atoms with Crippen molar-refractivity contribution in [3.8, 4) is 5.75 Å². The van der Waals surface area contributed by atoms with Gasteiger partial charge in [-0.05, 0) is 49.5 Å². The molecule has 0 heterocycles. The van der Waals surface area contributed by atoms with Gasteiger partial charge in [0.05, 0.1) is 12.7 Å². The zero-order valence-electron chi connectivity index (χ0n) is 10.3. The Kier molecular flexibility index (Phi) is 4.61. The van der Waals surface area contributed by atoms with E-state index in [2.05, 4.69) is 12.1 Å². The number of aliphatic hydroxyl groups is 1. The van der Waals surface area contributed by atoms with Gasteiger partial charge in [0.25, 0.3) is 0 Å². The smallest absolute Gasteiger partial charge is 0.119 e. The highest BCUT2D eigenvalue weighted by atomic mass is 35.5. The molecule has 0 amide bonds. The standard InChI is InChI=1S/C14H18O2.ClH/c1-14(15)8-6-11(7-9-14)12-4-3-5-13(10-12)16-2;/h3-6,10,15H,7-9H2,1-2H3;1H. The summed E-state index contributed by atoms with van der Waals surface area (Å²) in [4.78, 5) is 0. The molecule has 0 spiro atoms. The van der Waals surface area contributed by atoms with Crippen LogP contribution in [0.3, 0.4) is 0 Å². The molecular formula is C14H19ClO2. The van der Waals surface area contributed by atoms with Crippen molar-refractivity contribution in [1.82, 2.24) is 0 Å². The van der Waals surface area contributed by atoms with Crippen LogP contribution < -0.4 is 4.74 Å². The minimum atomic E-state index is -0.525. The zero-order chi connectivity index (χ0) is 11.6. The molecule has 1 aromatic carbocycles. The molecule has 1 aromatic rings. The molecule has 0 aliphatic heterocycles. The Balaban J connectivity index is 0.00000144. The van der Waals surface area contributed by atoms with Gasteiger partial charge >= 0.3 is 0 Å². The highest BCUT2D eigenvalue weighted by molar-refractivity contribution is 5.85. The summed E-state index contributed by atoms with van der Waals surface area (Å²) in [6.45, 7) is 1.89. The predicted molar refractivity (Wildman–Crippen MR) is 72.7 cm³/mol. The minimum Gasteiger partial charge on any atom is -0.497 e. The van der Waals surface area contributed by atoms with E-state index >= 15 is 0 Å². The second kappa shape index (κ2) is 5.56. The van der Waals surface area contributed by atoms with E-state index in [4.69, 9.17) is 4.74 Å². The summed E-state index contributed by atoms with van der Waals surface area (Å²) in [7, 11) is 1.68. The molecule has 0 aromatic heterocycles. The first-order valence-corrected chi connectivity index (χ1v) is 5.66. The highest BCUT2D eigenvalue weighted by Gasteiger charge is 2.23. The first-order chi connectivity index (χ1) is 7.61. The molecule has 2 nitrogen and oxygen atoms in total. The van der Waals surface area contributed by atoms with Gasteiger partial charge in [-0.15, -0.1) is 12.4 Å². The van der Waals surface area contributed by atoms with Crippen molar-refractivity contribution in [3.05, 3.63) is 35.9 Å². The van der Waals surface area contributed by atoms with Gasteiger partial charge < -0.3 is 9.84 Å². The van der Waals surface area contributed by atoms with Crippen LogP contribution in [0.25, 0.3) is 5.57 Å². The lowest BCUT2D eigenvalue weighted by Crippen LogP contribution is -2.25. The van der Waals surface area contributed by atoms with E-state index in [-0.39, 0.29) is 12.4 Å². The Bertz CT molecular complexity index is 410. The van der Waals surface area contributed by atoms with E-state index in [0.717, 1.165) is 25.0 Å². The van der Waals surface area contributed by atoms with Crippen LogP contribution in [0.1, 0.15) is 31.7 Å². The summed E-state index contributed by atoms with van der Waals surface area (Å²) in [5.74, 6) is 0.885. The third-order valence-corrected chi connectivity index (χ3v) is 3.16. The van der Waals surface area contributed by atoms with Gasteiger partial charge in [0.15, 0.2) is 0 Å². The number of ether oxygens (including phenoxy) is 1. The third kappa shape index (κ3) is 3.48. The van der Waals surface area contributed by atoms with Crippen LogP contribution in [0.15, 0.2) is 30.3 Å². The minimum absolute atomic E-state index is 0. The molecule has 1 atom stereocenters. The largest absolute Gasteiger partial charge is 0.497 e. The summed E-state index contributed by atoms with van der Waals surface area (Å²) < 4.78 is 5.21. The van der Waals surface area contributed by atoms with Gasteiger partial charge in [-0.3, -0.25) is 0 Å². The normalized spacial score (nSPS) is 23.6. The van der Waals surface area contributed by atoms with Crippen LogP contribution in [-0.4, -0.2) is 17.8 Å². The molecule has 0 bridgehead atoms. The number of methoxy groups -OCH3 is 1. The van der Waals surface area contributed by atoms with Crippen molar-refractivity contribution in [1.29, 1.82) is 0 Å². The maximum Gasteiger partial charge on any atom is 0.119 e. The molecule has 1 aliphatic carbocycles. The number of halogens is 1. The Labute approximate surface area is 109 Å². The average molecular weight is 255 g/mol. The lowest BCUT2D eigenvalue weighted by atomic mass is 9.84. The summed E-state index contributed by atoms with van der Waals surface area (Å²) in [5.41, 5.74) is 1.99. The molecule has 1 unspecified atom stereocenters. The van der Waals surface area contributed by atoms with Gasteiger partial charge in [0, 0.05) is 0 Å². The second-order valence-corrected chi connectivity index (χ2v) is 4.66. The van der Waals surface area contributed by atoms with Gasteiger partial charge in [0.2, 0.25) is 0 Å². The van der Waals surface area contributed by atoms with Crippen LogP contribution in [0.5, 0.6) is 5.75 Å². The molecule has 94 valence electrons.